The van der Waals surface area contributed by atoms with Crippen molar-refractivity contribution < 1.29 is 0 Å². The summed E-state index contributed by atoms with van der Waals surface area (Å²) in [7, 11) is 0. The molecule has 234 valence electrons. The molecule has 0 saturated carbocycles. The summed E-state index contributed by atoms with van der Waals surface area (Å²) in [6.07, 6.45) is 0. The average molecular weight is 637 g/mol. The minimum absolute atomic E-state index is 1.15. The molecule has 0 radical (unpaired) electrons. The van der Waals surface area contributed by atoms with Gasteiger partial charge in [-0.25, -0.2) is 0 Å². The summed E-state index contributed by atoms with van der Waals surface area (Å²) in [6, 6.07) is 70.4. The number of hydrogen-bond donors (Lipinski definition) is 0. The third-order valence-electron chi connectivity index (χ3n) is 10.1. The van der Waals surface area contributed by atoms with E-state index in [-0.39, 0.29) is 0 Å². The smallest absolute Gasteiger partial charge is 0.0547 e. The highest BCUT2D eigenvalue weighted by Crippen LogP contribution is 2.39. The first kappa shape index (κ1) is 28.4. The molecule has 0 aliphatic carbocycles. The molecule has 0 atom stereocenters. The van der Waals surface area contributed by atoms with Gasteiger partial charge in [-0.2, -0.15) is 0 Å². The number of para-hydroxylation sites is 2. The van der Waals surface area contributed by atoms with Crippen molar-refractivity contribution in [2.75, 3.05) is 0 Å². The highest BCUT2D eigenvalue weighted by Gasteiger charge is 2.17. The monoisotopic (exact) mass is 636 g/mol. The Morgan fingerprint density at radius 2 is 0.660 bits per heavy atom. The molecule has 50 heavy (non-hydrogen) atoms. The van der Waals surface area contributed by atoms with Crippen molar-refractivity contribution in [3.05, 3.63) is 194 Å². The lowest BCUT2D eigenvalue weighted by atomic mass is 9.99. The van der Waals surface area contributed by atoms with Gasteiger partial charge in [0.05, 0.1) is 22.1 Å². The molecule has 0 bridgehead atoms. The topological polar surface area (TPSA) is 9.86 Å². The lowest BCUT2D eigenvalue weighted by molar-refractivity contribution is 1.18. The Labute approximate surface area is 290 Å². The van der Waals surface area contributed by atoms with Gasteiger partial charge < -0.3 is 9.13 Å². The SMILES string of the molecule is c1ccc(-c2cccc(-n3c4ccc(-c5ccc6c(c5)c5ccccc5n6-c5ccccc5)cc4c4ccc(-c5ccccc5)cc43)c2)cc1. The molecule has 0 N–H and O–H groups in total. The molecule has 0 fully saturated rings. The molecule has 2 aromatic heterocycles. The number of nitrogens with zero attached hydrogens (tertiary/aromatic N) is 2. The quantitative estimate of drug-likeness (QED) is 0.178. The van der Waals surface area contributed by atoms with E-state index in [1.807, 2.05) is 0 Å². The van der Waals surface area contributed by atoms with Gasteiger partial charge in [-0.15, -0.1) is 0 Å². The molecule has 0 unspecified atom stereocenters. The molecule has 10 rings (SSSR count). The highest BCUT2D eigenvalue weighted by molar-refractivity contribution is 6.13. The fourth-order valence-corrected chi connectivity index (χ4v) is 7.75. The van der Waals surface area contributed by atoms with Gasteiger partial charge in [0.15, 0.2) is 0 Å². The van der Waals surface area contributed by atoms with E-state index >= 15 is 0 Å². The zero-order chi connectivity index (χ0) is 33.0. The van der Waals surface area contributed by atoms with Gasteiger partial charge in [0.2, 0.25) is 0 Å². The van der Waals surface area contributed by atoms with Crippen LogP contribution >= 0.6 is 0 Å². The van der Waals surface area contributed by atoms with E-state index in [1.54, 1.807) is 0 Å². The fourth-order valence-electron chi connectivity index (χ4n) is 7.75. The van der Waals surface area contributed by atoms with E-state index in [4.69, 9.17) is 0 Å². The van der Waals surface area contributed by atoms with E-state index in [9.17, 15) is 0 Å². The number of hydrogen-bond acceptors (Lipinski definition) is 0. The van der Waals surface area contributed by atoms with Crippen molar-refractivity contribution in [1.29, 1.82) is 0 Å². The Balaban J connectivity index is 1.18. The van der Waals surface area contributed by atoms with Gasteiger partial charge in [-0.3, -0.25) is 0 Å². The predicted molar refractivity (Wildman–Crippen MR) is 211 cm³/mol. The maximum absolute atomic E-state index is 2.43. The maximum atomic E-state index is 2.43. The normalized spacial score (nSPS) is 11.6. The first-order chi connectivity index (χ1) is 24.8. The molecule has 2 nitrogen and oxygen atoms in total. The summed E-state index contributed by atoms with van der Waals surface area (Å²) in [5.41, 5.74) is 14.4. The Kier molecular flexibility index (Phi) is 6.53. The van der Waals surface area contributed by atoms with Crippen LogP contribution in [0.4, 0.5) is 0 Å². The number of aromatic nitrogens is 2. The summed E-state index contributed by atoms with van der Waals surface area (Å²) in [6.45, 7) is 0. The van der Waals surface area contributed by atoms with Crippen molar-refractivity contribution in [3.63, 3.8) is 0 Å². The number of rotatable bonds is 5. The molecule has 0 amide bonds. The van der Waals surface area contributed by atoms with E-state index in [0.717, 1.165) is 5.69 Å². The van der Waals surface area contributed by atoms with E-state index in [1.165, 1.54) is 82.7 Å². The first-order valence-electron chi connectivity index (χ1n) is 17.2. The summed E-state index contributed by atoms with van der Waals surface area (Å²) >= 11 is 0. The second-order valence-electron chi connectivity index (χ2n) is 13.0. The Morgan fingerprint density at radius 3 is 1.32 bits per heavy atom. The second kappa shape index (κ2) is 11.5. The second-order valence-corrected chi connectivity index (χ2v) is 13.0. The summed E-state index contributed by atoms with van der Waals surface area (Å²) in [4.78, 5) is 0. The maximum Gasteiger partial charge on any atom is 0.0547 e. The van der Waals surface area contributed by atoms with Crippen molar-refractivity contribution in [3.8, 4) is 44.8 Å². The molecule has 2 heterocycles. The van der Waals surface area contributed by atoms with Crippen LogP contribution in [0.3, 0.4) is 0 Å². The molecule has 10 aromatic rings. The average Bonchev–Trinajstić information content (AvgIpc) is 3.70. The Morgan fingerprint density at radius 1 is 0.220 bits per heavy atom. The van der Waals surface area contributed by atoms with Gasteiger partial charge in [-0.1, -0.05) is 133 Å². The molecule has 8 aromatic carbocycles. The van der Waals surface area contributed by atoms with Crippen LogP contribution in [0.2, 0.25) is 0 Å². The first-order valence-corrected chi connectivity index (χ1v) is 17.2. The molecule has 0 saturated heterocycles. The predicted octanol–water partition coefficient (Wildman–Crippen LogP) is 12.9. The minimum atomic E-state index is 1.15. The van der Waals surface area contributed by atoms with Crippen molar-refractivity contribution in [2.45, 2.75) is 0 Å². The Hall–Kier alpha value is -6.64. The summed E-state index contributed by atoms with van der Waals surface area (Å²) in [5, 5.41) is 5.01. The molecule has 0 aliphatic heterocycles. The van der Waals surface area contributed by atoms with Crippen LogP contribution in [0.15, 0.2) is 194 Å². The van der Waals surface area contributed by atoms with Crippen molar-refractivity contribution >= 4 is 43.6 Å². The summed E-state index contributed by atoms with van der Waals surface area (Å²) in [5.74, 6) is 0. The molecule has 2 heteroatoms. The van der Waals surface area contributed by atoms with Crippen LogP contribution in [-0.4, -0.2) is 9.13 Å². The molecular formula is C48H32N2. The van der Waals surface area contributed by atoms with Crippen LogP contribution in [0.25, 0.3) is 88.4 Å². The molecular weight excluding hydrogens is 605 g/mol. The van der Waals surface area contributed by atoms with Crippen LogP contribution in [0.5, 0.6) is 0 Å². The van der Waals surface area contributed by atoms with Gasteiger partial charge in [0.25, 0.3) is 0 Å². The van der Waals surface area contributed by atoms with Crippen molar-refractivity contribution in [1.82, 2.24) is 9.13 Å². The lowest BCUT2D eigenvalue weighted by Gasteiger charge is -2.11. The lowest BCUT2D eigenvalue weighted by Crippen LogP contribution is -1.95. The molecule has 0 aliphatic rings. The molecule has 0 spiro atoms. The Bertz CT molecular complexity index is 2840. The van der Waals surface area contributed by atoms with Gasteiger partial charge >= 0.3 is 0 Å². The minimum Gasteiger partial charge on any atom is -0.309 e. The zero-order valence-corrected chi connectivity index (χ0v) is 27.4. The number of benzene rings is 8. The summed E-state index contributed by atoms with van der Waals surface area (Å²) < 4.78 is 4.81. The third-order valence-corrected chi connectivity index (χ3v) is 10.1. The van der Waals surface area contributed by atoms with E-state index in [0.29, 0.717) is 0 Å². The highest BCUT2D eigenvalue weighted by atomic mass is 15.0. The van der Waals surface area contributed by atoms with Crippen LogP contribution < -0.4 is 0 Å². The third kappa shape index (κ3) is 4.57. The van der Waals surface area contributed by atoms with Crippen LogP contribution in [-0.2, 0) is 0 Å². The van der Waals surface area contributed by atoms with Gasteiger partial charge in [0, 0.05) is 32.9 Å². The standard InChI is InChI=1S/C48H32N2/c1-4-13-33(14-5-1)35-17-12-20-40(29-35)50-47-28-25-37(31-44(47)42-26-23-38(32-48(42)50)34-15-6-2-7-16-34)36-24-27-46-43(30-36)41-21-10-11-22-45(41)49(46)39-18-8-3-9-19-39/h1-32H. The van der Waals surface area contributed by atoms with E-state index in [2.05, 4.69) is 203 Å². The largest absolute Gasteiger partial charge is 0.309 e. The van der Waals surface area contributed by atoms with Crippen molar-refractivity contribution in [2.24, 2.45) is 0 Å². The fraction of sp³-hybridized carbons (Fsp3) is 0. The van der Waals surface area contributed by atoms with Crippen LogP contribution in [0, 0.1) is 0 Å². The van der Waals surface area contributed by atoms with E-state index < -0.39 is 0 Å². The van der Waals surface area contributed by atoms with Crippen LogP contribution in [0.1, 0.15) is 0 Å². The van der Waals surface area contributed by atoms with Gasteiger partial charge in [-0.05, 0) is 94.0 Å². The van der Waals surface area contributed by atoms with Gasteiger partial charge in [0.1, 0.15) is 0 Å². The zero-order valence-electron chi connectivity index (χ0n) is 27.4. The number of fused-ring (bicyclic) bond motifs is 6.